The Balaban J connectivity index is 1.77. The number of carbonyl (C=O) groups is 1. The summed E-state index contributed by atoms with van der Waals surface area (Å²) in [6.07, 6.45) is 4.96. The number of hydrogen-bond acceptors (Lipinski definition) is 3. The lowest BCUT2D eigenvalue weighted by atomic mass is 9.75. The number of nitrogens with two attached hydrogens (primary N) is 1. The summed E-state index contributed by atoms with van der Waals surface area (Å²) in [6.45, 7) is 8.26. The van der Waals surface area contributed by atoms with Crippen LogP contribution < -0.4 is 5.73 Å². The Bertz CT molecular complexity index is 293. The molecule has 0 aromatic heterocycles. The molecule has 2 N–H and O–H groups in total. The fourth-order valence-electron chi connectivity index (χ4n) is 2.89. The van der Waals surface area contributed by atoms with Crippen molar-refractivity contribution >= 4 is 5.91 Å². The van der Waals surface area contributed by atoms with E-state index in [1.54, 1.807) is 0 Å². The van der Waals surface area contributed by atoms with Crippen LogP contribution in [0.3, 0.4) is 0 Å². The van der Waals surface area contributed by atoms with Gasteiger partial charge in [-0.15, -0.1) is 0 Å². The monoisotopic (exact) mass is 253 g/mol. The lowest BCUT2D eigenvalue weighted by molar-refractivity contribution is -0.135. The Morgan fingerprint density at radius 1 is 1.28 bits per heavy atom. The van der Waals surface area contributed by atoms with E-state index < -0.39 is 0 Å². The third kappa shape index (κ3) is 3.04. The van der Waals surface area contributed by atoms with Gasteiger partial charge in [0.05, 0.1) is 0 Å². The molecule has 1 amide bonds. The summed E-state index contributed by atoms with van der Waals surface area (Å²) in [7, 11) is 0. The molecule has 1 aliphatic heterocycles. The molecule has 2 fully saturated rings. The van der Waals surface area contributed by atoms with Crippen molar-refractivity contribution < 1.29 is 4.79 Å². The first kappa shape index (κ1) is 13.8. The lowest BCUT2D eigenvalue weighted by Crippen LogP contribution is -2.55. The van der Waals surface area contributed by atoms with Crippen LogP contribution in [0.1, 0.15) is 46.0 Å². The zero-order chi connectivity index (χ0) is 13.2. The average Bonchev–Trinajstić information content (AvgIpc) is 2.36. The fourth-order valence-corrected chi connectivity index (χ4v) is 2.89. The van der Waals surface area contributed by atoms with Crippen LogP contribution >= 0.6 is 0 Å². The summed E-state index contributed by atoms with van der Waals surface area (Å²) in [5.41, 5.74) is 5.97. The first-order chi connectivity index (χ1) is 8.54. The van der Waals surface area contributed by atoms with Gasteiger partial charge in [0.2, 0.25) is 5.91 Å². The molecule has 1 saturated heterocycles. The molecule has 0 bridgehead atoms. The Labute approximate surface area is 110 Å². The van der Waals surface area contributed by atoms with Gasteiger partial charge in [-0.2, -0.15) is 0 Å². The SMILES string of the molecule is CCC(C)N1CCN(C(=O)CC2(N)CCC2)CC1. The first-order valence-corrected chi connectivity index (χ1v) is 7.35. The van der Waals surface area contributed by atoms with Crippen LogP contribution in [0.4, 0.5) is 0 Å². The van der Waals surface area contributed by atoms with E-state index in [2.05, 4.69) is 18.7 Å². The van der Waals surface area contributed by atoms with Crippen molar-refractivity contribution in [1.29, 1.82) is 0 Å². The molecule has 0 aromatic carbocycles. The zero-order valence-corrected chi connectivity index (χ0v) is 11.8. The van der Waals surface area contributed by atoms with Crippen LogP contribution in [0.15, 0.2) is 0 Å². The number of piperazine rings is 1. The molecule has 104 valence electrons. The highest BCUT2D eigenvalue weighted by atomic mass is 16.2. The minimum absolute atomic E-state index is 0.176. The van der Waals surface area contributed by atoms with Crippen LogP contribution in [-0.4, -0.2) is 53.5 Å². The maximum atomic E-state index is 12.2. The zero-order valence-electron chi connectivity index (χ0n) is 11.8. The molecule has 1 heterocycles. The summed E-state index contributed by atoms with van der Waals surface area (Å²) < 4.78 is 0. The maximum absolute atomic E-state index is 12.2. The molecule has 1 saturated carbocycles. The summed E-state index contributed by atoms with van der Waals surface area (Å²) in [5, 5.41) is 0. The standard InChI is InChI=1S/C14H27N3O/c1-3-12(2)16-7-9-17(10-8-16)13(18)11-14(15)5-4-6-14/h12H,3-11,15H2,1-2H3. The minimum atomic E-state index is -0.176. The van der Waals surface area contributed by atoms with Crippen molar-refractivity contribution in [3.8, 4) is 0 Å². The average molecular weight is 253 g/mol. The van der Waals surface area contributed by atoms with Crippen LogP contribution in [0, 0.1) is 0 Å². The highest BCUT2D eigenvalue weighted by Crippen LogP contribution is 2.32. The summed E-state index contributed by atoms with van der Waals surface area (Å²) in [6, 6.07) is 0.634. The molecular weight excluding hydrogens is 226 g/mol. The molecule has 1 atom stereocenters. The molecule has 0 aromatic rings. The smallest absolute Gasteiger partial charge is 0.224 e. The highest BCUT2D eigenvalue weighted by Gasteiger charge is 2.36. The maximum Gasteiger partial charge on any atom is 0.224 e. The van der Waals surface area contributed by atoms with E-state index in [9.17, 15) is 4.79 Å². The van der Waals surface area contributed by atoms with E-state index in [-0.39, 0.29) is 11.4 Å². The van der Waals surface area contributed by atoms with Crippen LogP contribution in [-0.2, 0) is 4.79 Å². The molecule has 0 spiro atoms. The molecule has 4 nitrogen and oxygen atoms in total. The quantitative estimate of drug-likeness (QED) is 0.819. The second-order valence-corrected chi connectivity index (χ2v) is 6.07. The molecule has 1 unspecified atom stereocenters. The van der Waals surface area contributed by atoms with Crippen molar-refractivity contribution in [3.05, 3.63) is 0 Å². The number of nitrogens with zero attached hydrogens (tertiary/aromatic N) is 2. The third-order valence-electron chi connectivity index (χ3n) is 4.73. The van der Waals surface area contributed by atoms with Crippen molar-refractivity contribution in [3.63, 3.8) is 0 Å². The normalized spacial score (nSPS) is 25.6. The molecule has 18 heavy (non-hydrogen) atoms. The van der Waals surface area contributed by atoms with Crippen LogP contribution in [0.2, 0.25) is 0 Å². The Kier molecular flexibility index (Phi) is 4.28. The van der Waals surface area contributed by atoms with Crippen LogP contribution in [0.25, 0.3) is 0 Å². The van der Waals surface area contributed by atoms with Gasteiger partial charge in [-0.25, -0.2) is 0 Å². The predicted octanol–water partition coefficient (Wildman–Crippen LogP) is 1.20. The van der Waals surface area contributed by atoms with Gasteiger partial charge in [0.1, 0.15) is 0 Å². The van der Waals surface area contributed by atoms with E-state index in [0.29, 0.717) is 12.5 Å². The van der Waals surface area contributed by atoms with Gasteiger partial charge in [-0.3, -0.25) is 9.69 Å². The predicted molar refractivity (Wildman–Crippen MR) is 73.3 cm³/mol. The minimum Gasteiger partial charge on any atom is -0.340 e. The molecule has 2 rings (SSSR count). The molecular formula is C14H27N3O. The lowest BCUT2D eigenvalue weighted by Gasteiger charge is -2.41. The largest absolute Gasteiger partial charge is 0.340 e. The van der Waals surface area contributed by atoms with Crippen molar-refractivity contribution in [2.24, 2.45) is 5.73 Å². The van der Waals surface area contributed by atoms with E-state index in [1.807, 2.05) is 4.90 Å². The number of hydrogen-bond donors (Lipinski definition) is 1. The van der Waals surface area contributed by atoms with Gasteiger partial charge in [0.15, 0.2) is 0 Å². The Morgan fingerprint density at radius 2 is 1.89 bits per heavy atom. The van der Waals surface area contributed by atoms with Gasteiger partial charge >= 0.3 is 0 Å². The summed E-state index contributed by atoms with van der Waals surface area (Å²) in [5.74, 6) is 0.265. The second kappa shape index (κ2) is 5.57. The van der Waals surface area contributed by atoms with E-state index in [4.69, 9.17) is 5.73 Å². The summed E-state index contributed by atoms with van der Waals surface area (Å²) >= 11 is 0. The fraction of sp³-hybridized carbons (Fsp3) is 0.929. The van der Waals surface area contributed by atoms with Gasteiger partial charge in [0, 0.05) is 44.2 Å². The molecule has 2 aliphatic rings. The van der Waals surface area contributed by atoms with E-state index in [0.717, 1.165) is 39.0 Å². The number of carbonyl (C=O) groups excluding carboxylic acids is 1. The van der Waals surface area contributed by atoms with Gasteiger partial charge in [0.25, 0.3) is 0 Å². The van der Waals surface area contributed by atoms with Crippen molar-refractivity contribution in [2.45, 2.75) is 57.5 Å². The molecule has 0 radical (unpaired) electrons. The van der Waals surface area contributed by atoms with Gasteiger partial charge in [-0.1, -0.05) is 6.92 Å². The van der Waals surface area contributed by atoms with Gasteiger partial charge < -0.3 is 10.6 Å². The summed E-state index contributed by atoms with van der Waals surface area (Å²) in [4.78, 5) is 16.7. The molecule has 4 heteroatoms. The van der Waals surface area contributed by atoms with Crippen molar-refractivity contribution in [1.82, 2.24) is 9.80 Å². The van der Waals surface area contributed by atoms with Crippen molar-refractivity contribution in [2.75, 3.05) is 26.2 Å². The van der Waals surface area contributed by atoms with Gasteiger partial charge in [-0.05, 0) is 32.6 Å². The van der Waals surface area contributed by atoms with E-state index in [1.165, 1.54) is 12.8 Å². The first-order valence-electron chi connectivity index (χ1n) is 7.35. The van der Waals surface area contributed by atoms with E-state index >= 15 is 0 Å². The molecule has 1 aliphatic carbocycles. The Hall–Kier alpha value is -0.610. The number of rotatable bonds is 4. The highest BCUT2D eigenvalue weighted by molar-refractivity contribution is 5.77. The topological polar surface area (TPSA) is 49.6 Å². The second-order valence-electron chi connectivity index (χ2n) is 6.07. The third-order valence-corrected chi connectivity index (χ3v) is 4.73. The number of amides is 1. The Morgan fingerprint density at radius 3 is 2.33 bits per heavy atom. The van der Waals surface area contributed by atoms with Crippen LogP contribution in [0.5, 0.6) is 0 Å².